The predicted octanol–water partition coefficient (Wildman–Crippen LogP) is 1.81. The number of hydrogen-bond acceptors (Lipinski definition) is 4. The van der Waals surface area contributed by atoms with E-state index < -0.39 is 0 Å². The summed E-state index contributed by atoms with van der Waals surface area (Å²) < 4.78 is 1.99. The molecular weight excluding hydrogens is 226 g/mol. The fraction of sp³-hybridized carbons (Fsp3) is 0.846. The van der Waals surface area contributed by atoms with Crippen molar-refractivity contribution in [3.63, 3.8) is 0 Å². The van der Waals surface area contributed by atoms with Crippen molar-refractivity contribution in [1.29, 1.82) is 0 Å². The molecule has 2 N–H and O–H groups in total. The van der Waals surface area contributed by atoms with Gasteiger partial charge in [-0.1, -0.05) is 13.8 Å². The Morgan fingerprint density at radius 1 is 1.33 bits per heavy atom. The van der Waals surface area contributed by atoms with Crippen LogP contribution in [-0.2, 0) is 6.54 Å². The van der Waals surface area contributed by atoms with Gasteiger partial charge in [-0.05, 0) is 26.7 Å². The standard InChI is InChI=1S/C13H27N5/c1-5-12(6-2)17(8-7-14)9-13-15-10-16-18(13)11(3)4/h10-12H,5-9,14H2,1-4H3. The first-order valence-electron chi connectivity index (χ1n) is 6.96. The highest BCUT2D eigenvalue weighted by molar-refractivity contribution is 4.88. The highest BCUT2D eigenvalue weighted by atomic mass is 15.4. The summed E-state index contributed by atoms with van der Waals surface area (Å²) in [5.41, 5.74) is 5.72. The first-order chi connectivity index (χ1) is 8.63. The summed E-state index contributed by atoms with van der Waals surface area (Å²) in [5.74, 6) is 1.03. The van der Waals surface area contributed by atoms with Gasteiger partial charge in [0.05, 0.1) is 6.54 Å². The molecule has 0 radical (unpaired) electrons. The second-order valence-corrected chi connectivity index (χ2v) is 4.94. The molecule has 0 saturated heterocycles. The first kappa shape index (κ1) is 15.1. The van der Waals surface area contributed by atoms with Crippen molar-refractivity contribution in [2.75, 3.05) is 13.1 Å². The number of hydrogen-bond donors (Lipinski definition) is 1. The highest BCUT2D eigenvalue weighted by Crippen LogP contribution is 2.13. The number of nitrogens with zero attached hydrogens (tertiary/aromatic N) is 4. The molecule has 0 aliphatic rings. The second-order valence-electron chi connectivity index (χ2n) is 4.94. The van der Waals surface area contributed by atoms with Gasteiger partial charge in [-0.2, -0.15) is 5.10 Å². The van der Waals surface area contributed by atoms with Gasteiger partial charge in [-0.3, -0.25) is 4.90 Å². The molecule has 104 valence electrons. The van der Waals surface area contributed by atoms with Crippen molar-refractivity contribution in [3.05, 3.63) is 12.2 Å². The van der Waals surface area contributed by atoms with E-state index in [4.69, 9.17) is 5.73 Å². The molecule has 0 unspecified atom stereocenters. The molecule has 1 aromatic heterocycles. The average Bonchev–Trinajstić information content (AvgIpc) is 2.79. The highest BCUT2D eigenvalue weighted by Gasteiger charge is 2.18. The van der Waals surface area contributed by atoms with Gasteiger partial charge in [0, 0.05) is 25.2 Å². The third-order valence-corrected chi connectivity index (χ3v) is 3.36. The minimum atomic E-state index is 0.351. The molecule has 0 atom stereocenters. The van der Waals surface area contributed by atoms with Crippen molar-refractivity contribution < 1.29 is 0 Å². The van der Waals surface area contributed by atoms with Crippen molar-refractivity contribution in [2.45, 2.75) is 59.2 Å². The fourth-order valence-electron chi connectivity index (χ4n) is 2.36. The van der Waals surface area contributed by atoms with Gasteiger partial charge in [-0.25, -0.2) is 9.67 Å². The first-order valence-corrected chi connectivity index (χ1v) is 6.96. The van der Waals surface area contributed by atoms with Crippen LogP contribution in [0.3, 0.4) is 0 Å². The van der Waals surface area contributed by atoms with Crippen LogP contribution in [0, 0.1) is 0 Å². The smallest absolute Gasteiger partial charge is 0.141 e. The molecule has 0 fully saturated rings. The minimum Gasteiger partial charge on any atom is -0.329 e. The van der Waals surface area contributed by atoms with E-state index in [1.807, 2.05) is 4.68 Å². The summed E-state index contributed by atoms with van der Waals surface area (Å²) in [6.45, 7) is 11.1. The molecule has 18 heavy (non-hydrogen) atoms. The Morgan fingerprint density at radius 3 is 2.50 bits per heavy atom. The van der Waals surface area contributed by atoms with Crippen molar-refractivity contribution >= 4 is 0 Å². The van der Waals surface area contributed by atoms with Crippen LogP contribution in [0.5, 0.6) is 0 Å². The topological polar surface area (TPSA) is 60.0 Å². The van der Waals surface area contributed by atoms with Crippen LogP contribution in [0.25, 0.3) is 0 Å². The van der Waals surface area contributed by atoms with Crippen LogP contribution in [0.15, 0.2) is 6.33 Å². The Bertz CT molecular complexity index is 330. The summed E-state index contributed by atoms with van der Waals surface area (Å²) in [7, 11) is 0. The SMILES string of the molecule is CCC(CC)N(CCN)Cc1ncnn1C(C)C. The normalized spacial score (nSPS) is 12.0. The zero-order valence-corrected chi connectivity index (χ0v) is 12.1. The largest absolute Gasteiger partial charge is 0.329 e. The number of rotatable bonds is 8. The monoisotopic (exact) mass is 253 g/mol. The van der Waals surface area contributed by atoms with Crippen LogP contribution in [0.2, 0.25) is 0 Å². The predicted molar refractivity (Wildman–Crippen MR) is 74.2 cm³/mol. The Labute approximate surface area is 110 Å². The van der Waals surface area contributed by atoms with Crippen LogP contribution in [0.4, 0.5) is 0 Å². The minimum absolute atomic E-state index is 0.351. The van der Waals surface area contributed by atoms with Gasteiger partial charge in [0.2, 0.25) is 0 Å². The van der Waals surface area contributed by atoms with Gasteiger partial charge in [0.15, 0.2) is 0 Å². The molecule has 1 heterocycles. The maximum absolute atomic E-state index is 5.72. The fourth-order valence-corrected chi connectivity index (χ4v) is 2.36. The molecule has 1 aromatic rings. The van der Waals surface area contributed by atoms with Gasteiger partial charge in [-0.15, -0.1) is 0 Å². The van der Waals surface area contributed by atoms with Crippen molar-refractivity contribution in [2.24, 2.45) is 5.73 Å². The molecule has 0 spiro atoms. The van der Waals surface area contributed by atoms with E-state index in [0.29, 0.717) is 18.6 Å². The Kier molecular flexibility index (Phi) is 6.29. The van der Waals surface area contributed by atoms with Crippen molar-refractivity contribution in [3.8, 4) is 0 Å². The van der Waals surface area contributed by atoms with E-state index in [-0.39, 0.29) is 0 Å². The quantitative estimate of drug-likeness (QED) is 0.767. The van der Waals surface area contributed by atoms with Crippen molar-refractivity contribution in [1.82, 2.24) is 19.7 Å². The average molecular weight is 253 g/mol. The molecule has 5 heteroatoms. The maximum Gasteiger partial charge on any atom is 0.141 e. The van der Waals surface area contributed by atoms with Gasteiger partial charge in [0.1, 0.15) is 12.2 Å². The summed E-state index contributed by atoms with van der Waals surface area (Å²) in [6.07, 6.45) is 3.93. The molecule has 0 saturated carbocycles. The Hall–Kier alpha value is -0.940. The molecule has 0 aliphatic carbocycles. The molecule has 0 bridgehead atoms. The maximum atomic E-state index is 5.72. The lowest BCUT2D eigenvalue weighted by Gasteiger charge is -2.29. The van der Waals surface area contributed by atoms with E-state index in [1.54, 1.807) is 6.33 Å². The summed E-state index contributed by atoms with van der Waals surface area (Å²) in [5, 5.41) is 4.29. The van der Waals surface area contributed by atoms with Crippen LogP contribution < -0.4 is 5.73 Å². The van der Waals surface area contributed by atoms with Gasteiger partial charge in [0.25, 0.3) is 0 Å². The lowest BCUT2D eigenvalue weighted by Crippen LogP contribution is -2.38. The molecule has 1 rings (SSSR count). The van der Waals surface area contributed by atoms with E-state index in [9.17, 15) is 0 Å². The van der Waals surface area contributed by atoms with Crippen LogP contribution in [-0.4, -0.2) is 38.8 Å². The van der Waals surface area contributed by atoms with Gasteiger partial charge >= 0.3 is 0 Å². The summed E-state index contributed by atoms with van der Waals surface area (Å²) >= 11 is 0. The Morgan fingerprint density at radius 2 is 2.00 bits per heavy atom. The molecule has 0 amide bonds. The zero-order chi connectivity index (χ0) is 13.5. The molecule has 5 nitrogen and oxygen atoms in total. The van der Waals surface area contributed by atoms with E-state index in [0.717, 1.165) is 31.8 Å². The van der Waals surface area contributed by atoms with E-state index >= 15 is 0 Å². The van der Waals surface area contributed by atoms with E-state index in [1.165, 1.54) is 0 Å². The molecular formula is C13H27N5. The summed E-state index contributed by atoms with van der Waals surface area (Å²) in [4.78, 5) is 6.80. The van der Waals surface area contributed by atoms with Crippen LogP contribution in [0.1, 0.15) is 52.4 Å². The van der Waals surface area contributed by atoms with Gasteiger partial charge < -0.3 is 5.73 Å². The van der Waals surface area contributed by atoms with Crippen LogP contribution >= 0.6 is 0 Å². The zero-order valence-electron chi connectivity index (χ0n) is 12.1. The summed E-state index contributed by atoms with van der Waals surface area (Å²) in [6, 6.07) is 0.926. The third kappa shape index (κ3) is 3.78. The lowest BCUT2D eigenvalue weighted by atomic mass is 10.1. The lowest BCUT2D eigenvalue weighted by molar-refractivity contribution is 0.174. The number of nitrogens with two attached hydrogens (primary N) is 1. The second kappa shape index (κ2) is 7.48. The number of aromatic nitrogens is 3. The van der Waals surface area contributed by atoms with E-state index in [2.05, 4.69) is 42.7 Å². The third-order valence-electron chi connectivity index (χ3n) is 3.36. The molecule has 0 aliphatic heterocycles. The molecule has 0 aromatic carbocycles. The Balaban J connectivity index is 2.79.